The van der Waals surface area contributed by atoms with Gasteiger partial charge in [0, 0.05) is 30.3 Å². The number of hydrogen-bond donors (Lipinski definition) is 2. The number of aromatic nitrogens is 4. The van der Waals surface area contributed by atoms with E-state index in [1.807, 2.05) is 13.0 Å². The van der Waals surface area contributed by atoms with Gasteiger partial charge in [0.05, 0.1) is 0 Å². The molecule has 0 aliphatic carbocycles. The number of aromatic amines is 1. The summed E-state index contributed by atoms with van der Waals surface area (Å²) in [5.74, 6) is 1.53. The molecule has 0 amide bonds. The van der Waals surface area contributed by atoms with Crippen molar-refractivity contribution in [3.8, 4) is 0 Å². The maximum atomic E-state index is 11.3. The van der Waals surface area contributed by atoms with Crippen molar-refractivity contribution in [1.82, 2.24) is 19.9 Å². The Kier molecular flexibility index (Phi) is 4.62. The first-order chi connectivity index (χ1) is 9.88. The van der Waals surface area contributed by atoms with E-state index in [4.69, 9.17) is 0 Å². The normalized spacial score (nSPS) is 11.4. The Bertz CT molecular complexity index is 678. The van der Waals surface area contributed by atoms with E-state index in [0.717, 1.165) is 23.2 Å². The number of nitrogens with one attached hydrogen (secondary N) is 2. The van der Waals surface area contributed by atoms with Crippen molar-refractivity contribution < 1.29 is 0 Å². The van der Waals surface area contributed by atoms with Crippen molar-refractivity contribution >= 4 is 17.6 Å². The Labute approximate surface area is 127 Å². The van der Waals surface area contributed by atoms with Crippen LogP contribution in [-0.2, 0) is 5.41 Å². The van der Waals surface area contributed by atoms with Crippen molar-refractivity contribution in [3.05, 3.63) is 34.5 Å². The predicted molar refractivity (Wildman–Crippen MR) is 83.9 cm³/mol. The zero-order valence-corrected chi connectivity index (χ0v) is 13.4. The maximum absolute atomic E-state index is 11.3. The monoisotopic (exact) mass is 305 g/mol. The van der Waals surface area contributed by atoms with Crippen molar-refractivity contribution in [3.63, 3.8) is 0 Å². The minimum Gasteiger partial charge on any atom is -0.370 e. The van der Waals surface area contributed by atoms with Gasteiger partial charge in [-0.3, -0.25) is 4.79 Å². The molecular weight excluding hydrogens is 286 g/mol. The SMILES string of the molecule is CCNc1cc(Sc2nccc(=O)[nH]2)nc(C(C)(C)C)n1. The first kappa shape index (κ1) is 15.5. The summed E-state index contributed by atoms with van der Waals surface area (Å²) in [5, 5.41) is 4.47. The molecule has 2 aromatic heterocycles. The van der Waals surface area contributed by atoms with Crippen LogP contribution in [0.5, 0.6) is 0 Å². The number of nitrogens with zero attached hydrogens (tertiary/aromatic N) is 3. The zero-order valence-electron chi connectivity index (χ0n) is 12.6. The van der Waals surface area contributed by atoms with Crippen LogP contribution in [-0.4, -0.2) is 26.5 Å². The number of rotatable bonds is 4. The summed E-state index contributed by atoms with van der Waals surface area (Å²) in [6.45, 7) is 8.99. The van der Waals surface area contributed by atoms with Gasteiger partial charge in [-0.1, -0.05) is 20.8 Å². The molecule has 0 unspecified atom stereocenters. The molecule has 21 heavy (non-hydrogen) atoms. The quantitative estimate of drug-likeness (QED) is 0.667. The van der Waals surface area contributed by atoms with Crippen LogP contribution >= 0.6 is 11.8 Å². The van der Waals surface area contributed by atoms with Gasteiger partial charge >= 0.3 is 0 Å². The predicted octanol–water partition coefficient (Wildman–Crippen LogP) is 2.44. The Balaban J connectivity index is 2.38. The van der Waals surface area contributed by atoms with E-state index in [1.54, 1.807) is 0 Å². The average molecular weight is 305 g/mol. The highest BCUT2D eigenvalue weighted by molar-refractivity contribution is 7.99. The smallest absolute Gasteiger partial charge is 0.251 e. The molecule has 2 rings (SSSR count). The van der Waals surface area contributed by atoms with Gasteiger partial charge in [-0.2, -0.15) is 0 Å². The Hall–Kier alpha value is -1.89. The standard InChI is InChI=1S/C14H19N5OS/c1-5-15-9-8-11(19-12(17-9)14(2,3)4)21-13-16-7-6-10(20)18-13/h6-8H,5H2,1-4H3,(H,15,17,19)(H,16,18,20). The second-order valence-corrected chi connectivity index (χ2v) is 6.55. The van der Waals surface area contributed by atoms with Crippen LogP contribution in [0.15, 0.2) is 33.3 Å². The molecule has 0 aliphatic heterocycles. The highest BCUT2D eigenvalue weighted by Crippen LogP contribution is 2.27. The van der Waals surface area contributed by atoms with Gasteiger partial charge < -0.3 is 10.3 Å². The fourth-order valence-electron chi connectivity index (χ4n) is 1.59. The van der Waals surface area contributed by atoms with Gasteiger partial charge in [-0.05, 0) is 18.7 Å². The third-order valence-electron chi connectivity index (χ3n) is 2.58. The molecule has 0 fully saturated rings. The minimum atomic E-state index is -0.176. The molecule has 2 aromatic rings. The van der Waals surface area contributed by atoms with Gasteiger partial charge in [0.2, 0.25) is 0 Å². The summed E-state index contributed by atoms with van der Waals surface area (Å²) >= 11 is 1.31. The molecule has 0 radical (unpaired) electrons. The molecule has 6 nitrogen and oxygen atoms in total. The van der Waals surface area contributed by atoms with E-state index < -0.39 is 0 Å². The second kappa shape index (κ2) is 6.26. The summed E-state index contributed by atoms with van der Waals surface area (Å²) < 4.78 is 0. The average Bonchev–Trinajstić information content (AvgIpc) is 2.37. The lowest BCUT2D eigenvalue weighted by Crippen LogP contribution is -2.17. The summed E-state index contributed by atoms with van der Waals surface area (Å²) in [6.07, 6.45) is 1.48. The molecule has 2 N–H and O–H groups in total. The van der Waals surface area contributed by atoms with Crippen molar-refractivity contribution in [2.75, 3.05) is 11.9 Å². The summed E-state index contributed by atoms with van der Waals surface area (Å²) in [6, 6.07) is 3.24. The highest BCUT2D eigenvalue weighted by atomic mass is 32.2. The first-order valence-corrected chi connectivity index (χ1v) is 7.57. The molecule has 7 heteroatoms. The van der Waals surface area contributed by atoms with Crippen molar-refractivity contribution in [2.24, 2.45) is 0 Å². The Morgan fingerprint density at radius 2 is 2.10 bits per heavy atom. The van der Waals surface area contributed by atoms with Gasteiger partial charge in [0.15, 0.2) is 5.16 Å². The fourth-order valence-corrected chi connectivity index (χ4v) is 2.35. The number of hydrogen-bond acceptors (Lipinski definition) is 6. The van der Waals surface area contributed by atoms with Crippen molar-refractivity contribution in [1.29, 1.82) is 0 Å². The molecule has 0 saturated carbocycles. The second-order valence-electron chi connectivity index (χ2n) is 5.54. The van der Waals surface area contributed by atoms with E-state index in [9.17, 15) is 4.79 Å². The molecule has 112 valence electrons. The Morgan fingerprint density at radius 1 is 1.33 bits per heavy atom. The van der Waals surface area contributed by atoms with Crippen LogP contribution in [0.25, 0.3) is 0 Å². The first-order valence-electron chi connectivity index (χ1n) is 6.75. The largest absolute Gasteiger partial charge is 0.370 e. The molecule has 0 aliphatic rings. The van der Waals surface area contributed by atoms with Crippen LogP contribution in [0.1, 0.15) is 33.5 Å². The lowest BCUT2D eigenvalue weighted by molar-refractivity contribution is 0.539. The summed E-state index contributed by atoms with van der Waals surface area (Å²) in [4.78, 5) is 27.2. The van der Waals surface area contributed by atoms with Gasteiger partial charge in [0.1, 0.15) is 16.7 Å². The fraction of sp³-hybridized carbons (Fsp3) is 0.429. The van der Waals surface area contributed by atoms with Crippen LogP contribution in [0, 0.1) is 0 Å². The molecular formula is C14H19N5OS. The van der Waals surface area contributed by atoms with E-state index in [0.29, 0.717) is 5.16 Å². The number of anilines is 1. The highest BCUT2D eigenvalue weighted by Gasteiger charge is 2.19. The number of H-pyrrole nitrogens is 1. The molecule has 0 saturated heterocycles. The zero-order chi connectivity index (χ0) is 15.5. The van der Waals surface area contributed by atoms with Gasteiger partial charge in [-0.15, -0.1) is 0 Å². The minimum absolute atomic E-state index is 0.154. The molecule has 0 aromatic carbocycles. The van der Waals surface area contributed by atoms with Gasteiger partial charge in [0.25, 0.3) is 5.56 Å². The molecule has 2 heterocycles. The molecule has 0 bridgehead atoms. The van der Waals surface area contributed by atoms with Gasteiger partial charge in [-0.25, -0.2) is 15.0 Å². The van der Waals surface area contributed by atoms with Crippen LogP contribution in [0.3, 0.4) is 0 Å². The maximum Gasteiger partial charge on any atom is 0.251 e. The summed E-state index contributed by atoms with van der Waals surface area (Å²) in [5.41, 5.74) is -0.331. The van der Waals surface area contributed by atoms with E-state index >= 15 is 0 Å². The van der Waals surface area contributed by atoms with E-state index in [1.165, 1.54) is 24.0 Å². The third-order valence-corrected chi connectivity index (χ3v) is 3.40. The molecule has 0 spiro atoms. The van der Waals surface area contributed by atoms with E-state index in [-0.39, 0.29) is 11.0 Å². The summed E-state index contributed by atoms with van der Waals surface area (Å²) in [7, 11) is 0. The third kappa shape index (κ3) is 4.29. The van der Waals surface area contributed by atoms with Crippen LogP contribution in [0.4, 0.5) is 5.82 Å². The van der Waals surface area contributed by atoms with Crippen LogP contribution < -0.4 is 10.9 Å². The Morgan fingerprint density at radius 3 is 2.71 bits per heavy atom. The molecule has 0 atom stereocenters. The van der Waals surface area contributed by atoms with E-state index in [2.05, 4.69) is 46.0 Å². The van der Waals surface area contributed by atoms with Crippen molar-refractivity contribution in [2.45, 2.75) is 43.3 Å². The lowest BCUT2D eigenvalue weighted by Gasteiger charge is -2.18. The topological polar surface area (TPSA) is 83.6 Å². The van der Waals surface area contributed by atoms with Crippen LogP contribution in [0.2, 0.25) is 0 Å². The lowest BCUT2D eigenvalue weighted by atomic mass is 9.96.